The lowest BCUT2D eigenvalue weighted by Crippen LogP contribution is -2.15. The molecule has 0 saturated carbocycles. The van der Waals surface area contributed by atoms with Gasteiger partial charge >= 0.3 is 11.9 Å². The Balaban J connectivity index is 1.89. The van der Waals surface area contributed by atoms with Crippen molar-refractivity contribution in [2.75, 3.05) is 11.9 Å². The van der Waals surface area contributed by atoms with Crippen LogP contribution in [0.5, 0.6) is 0 Å². The van der Waals surface area contributed by atoms with Crippen LogP contribution in [-0.4, -0.2) is 24.5 Å². The van der Waals surface area contributed by atoms with Crippen molar-refractivity contribution in [1.82, 2.24) is 0 Å². The molecule has 2 aromatic carbocycles. The Morgan fingerprint density at radius 1 is 0.903 bits per heavy atom. The summed E-state index contributed by atoms with van der Waals surface area (Å²) < 4.78 is 10.6. The molecule has 0 saturated heterocycles. The van der Waals surface area contributed by atoms with Gasteiger partial charge in [0.25, 0.3) is 5.91 Å². The van der Waals surface area contributed by atoms with Gasteiger partial charge in [-0.05, 0) is 43.5 Å². The lowest BCUT2D eigenvalue weighted by molar-refractivity contribution is 0.0477. The van der Waals surface area contributed by atoms with Crippen LogP contribution in [0.3, 0.4) is 0 Å². The molecular formula is C24H23NO5S. The number of carbonyl (C=O) groups excluding carboxylic acids is 3. The summed E-state index contributed by atoms with van der Waals surface area (Å²) in [4.78, 5) is 38.3. The standard InChI is InChI=1S/C24H23NO5S/c1-4-29-23(27)19-16(3)20(24(28)30-14-17-11-6-5-7-12-17)31-22(19)25-21(26)18-13-9-8-10-15(18)2/h5-13H,4,14H2,1-3H3,(H,25,26). The topological polar surface area (TPSA) is 81.7 Å². The average molecular weight is 438 g/mol. The molecule has 3 aromatic rings. The minimum Gasteiger partial charge on any atom is -0.462 e. The van der Waals surface area contributed by atoms with E-state index in [1.165, 1.54) is 0 Å². The number of thiophene rings is 1. The first-order chi connectivity index (χ1) is 14.9. The molecule has 1 N–H and O–H groups in total. The predicted molar refractivity (Wildman–Crippen MR) is 120 cm³/mol. The van der Waals surface area contributed by atoms with Crippen molar-refractivity contribution in [3.8, 4) is 0 Å². The van der Waals surface area contributed by atoms with Crippen molar-refractivity contribution in [2.24, 2.45) is 0 Å². The molecule has 0 unspecified atom stereocenters. The van der Waals surface area contributed by atoms with E-state index in [1.54, 1.807) is 26.0 Å². The van der Waals surface area contributed by atoms with Crippen molar-refractivity contribution in [2.45, 2.75) is 27.4 Å². The number of ether oxygens (including phenoxy) is 2. The maximum atomic E-state index is 12.8. The number of esters is 2. The molecule has 31 heavy (non-hydrogen) atoms. The fraction of sp³-hybridized carbons (Fsp3) is 0.208. The number of rotatable bonds is 7. The van der Waals surface area contributed by atoms with Crippen LogP contribution < -0.4 is 5.32 Å². The summed E-state index contributed by atoms with van der Waals surface area (Å²) in [5.41, 5.74) is 2.72. The van der Waals surface area contributed by atoms with Crippen molar-refractivity contribution < 1.29 is 23.9 Å². The predicted octanol–water partition coefficient (Wildman–Crippen LogP) is 5.15. The highest BCUT2D eigenvalue weighted by atomic mass is 32.1. The fourth-order valence-electron chi connectivity index (χ4n) is 3.03. The molecule has 0 radical (unpaired) electrons. The Morgan fingerprint density at radius 2 is 1.58 bits per heavy atom. The molecule has 0 atom stereocenters. The van der Waals surface area contributed by atoms with Crippen LogP contribution in [0.1, 0.15) is 54.0 Å². The largest absolute Gasteiger partial charge is 0.462 e. The number of hydrogen-bond donors (Lipinski definition) is 1. The third kappa shape index (κ3) is 5.19. The lowest BCUT2D eigenvalue weighted by atomic mass is 10.1. The quantitative estimate of drug-likeness (QED) is 0.517. The van der Waals surface area contributed by atoms with Gasteiger partial charge in [-0.1, -0.05) is 48.5 Å². The highest BCUT2D eigenvalue weighted by molar-refractivity contribution is 7.18. The summed E-state index contributed by atoms with van der Waals surface area (Å²) in [6.07, 6.45) is 0. The minimum atomic E-state index is -0.599. The molecule has 0 aliphatic rings. The highest BCUT2D eigenvalue weighted by Crippen LogP contribution is 2.35. The molecule has 0 spiro atoms. The number of carbonyl (C=O) groups is 3. The molecule has 3 rings (SSSR count). The zero-order valence-electron chi connectivity index (χ0n) is 17.6. The Hall–Kier alpha value is -3.45. The Bertz CT molecular complexity index is 1100. The first kappa shape index (κ1) is 22.2. The van der Waals surface area contributed by atoms with Gasteiger partial charge in [0.15, 0.2) is 0 Å². The van der Waals surface area contributed by atoms with E-state index in [1.807, 2.05) is 49.4 Å². The summed E-state index contributed by atoms with van der Waals surface area (Å²) in [5, 5.41) is 3.03. The van der Waals surface area contributed by atoms with E-state index >= 15 is 0 Å². The van der Waals surface area contributed by atoms with Crippen molar-refractivity contribution >= 4 is 34.2 Å². The number of anilines is 1. The van der Waals surface area contributed by atoms with Gasteiger partial charge in [-0.15, -0.1) is 11.3 Å². The summed E-state index contributed by atoms with van der Waals surface area (Å²) in [6, 6.07) is 16.4. The first-order valence-electron chi connectivity index (χ1n) is 9.80. The Morgan fingerprint density at radius 3 is 2.26 bits per heavy atom. The minimum absolute atomic E-state index is 0.108. The molecule has 0 fully saturated rings. The van der Waals surface area contributed by atoms with Crippen molar-refractivity contribution in [3.63, 3.8) is 0 Å². The normalized spacial score (nSPS) is 10.4. The van der Waals surface area contributed by atoms with E-state index in [4.69, 9.17) is 9.47 Å². The molecular weight excluding hydrogens is 414 g/mol. The Labute approximate surface area is 184 Å². The molecule has 1 amide bonds. The van der Waals surface area contributed by atoms with Gasteiger partial charge in [-0.2, -0.15) is 0 Å². The van der Waals surface area contributed by atoms with Crippen LogP contribution in [0, 0.1) is 13.8 Å². The zero-order valence-corrected chi connectivity index (χ0v) is 18.4. The molecule has 0 aliphatic heterocycles. The zero-order chi connectivity index (χ0) is 22.4. The SMILES string of the molecule is CCOC(=O)c1c(NC(=O)c2ccccc2C)sc(C(=O)OCc2ccccc2)c1C. The maximum absolute atomic E-state index is 12.8. The van der Waals surface area contributed by atoms with Crippen LogP contribution in [0.25, 0.3) is 0 Å². The van der Waals surface area contributed by atoms with E-state index in [9.17, 15) is 14.4 Å². The van der Waals surface area contributed by atoms with Crippen LogP contribution in [0.4, 0.5) is 5.00 Å². The number of hydrogen-bond acceptors (Lipinski definition) is 6. The van der Waals surface area contributed by atoms with Gasteiger partial charge < -0.3 is 14.8 Å². The van der Waals surface area contributed by atoms with E-state index < -0.39 is 11.9 Å². The molecule has 1 heterocycles. The third-order valence-electron chi connectivity index (χ3n) is 4.64. The molecule has 1 aromatic heterocycles. The van der Waals surface area contributed by atoms with E-state index in [0.717, 1.165) is 22.5 Å². The van der Waals surface area contributed by atoms with Gasteiger partial charge in [0, 0.05) is 5.56 Å². The van der Waals surface area contributed by atoms with Gasteiger partial charge in [-0.3, -0.25) is 4.79 Å². The second kappa shape index (κ2) is 10.0. The second-order valence-corrected chi connectivity index (χ2v) is 7.83. The summed E-state index contributed by atoms with van der Waals surface area (Å²) >= 11 is 1.01. The van der Waals surface area contributed by atoms with Crippen LogP contribution >= 0.6 is 11.3 Å². The van der Waals surface area contributed by atoms with Gasteiger partial charge in [0.2, 0.25) is 0 Å². The number of aryl methyl sites for hydroxylation is 1. The van der Waals surface area contributed by atoms with Crippen LogP contribution in [0.15, 0.2) is 54.6 Å². The molecule has 7 heteroatoms. The average Bonchev–Trinajstić information content (AvgIpc) is 3.09. The summed E-state index contributed by atoms with van der Waals surface area (Å²) in [7, 11) is 0. The van der Waals surface area contributed by atoms with Crippen LogP contribution in [-0.2, 0) is 16.1 Å². The number of amides is 1. The summed E-state index contributed by atoms with van der Waals surface area (Å²) in [6.45, 7) is 5.45. The van der Waals surface area contributed by atoms with Crippen LogP contribution in [0.2, 0.25) is 0 Å². The lowest BCUT2D eigenvalue weighted by Gasteiger charge is -2.08. The third-order valence-corrected chi connectivity index (χ3v) is 5.83. The number of nitrogens with one attached hydrogen (secondary N) is 1. The van der Waals surface area contributed by atoms with Gasteiger partial charge in [-0.25, -0.2) is 9.59 Å². The molecule has 160 valence electrons. The maximum Gasteiger partial charge on any atom is 0.349 e. The van der Waals surface area contributed by atoms with Gasteiger partial charge in [0.05, 0.1) is 12.2 Å². The Kier molecular flexibility index (Phi) is 7.20. The highest BCUT2D eigenvalue weighted by Gasteiger charge is 2.27. The summed E-state index contributed by atoms with van der Waals surface area (Å²) in [5.74, 6) is -1.53. The fourth-order valence-corrected chi connectivity index (χ4v) is 4.12. The van der Waals surface area contributed by atoms with Gasteiger partial charge in [0.1, 0.15) is 16.5 Å². The second-order valence-electron chi connectivity index (χ2n) is 6.81. The van der Waals surface area contributed by atoms with Crippen molar-refractivity contribution in [1.29, 1.82) is 0 Å². The first-order valence-corrected chi connectivity index (χ1v) is 10.6. The van der Waals surface area contributed by atoms with E-state index in [-0.39, 0.29) is 34.6 Å². The molecule has 0 bridgehead atoms. The molecule has 0 aliphatic carbocycles. The smallest absolute Gasteiger partial charge is 0.349 e. The van der Waals surface area contributed by atoms with E-state index in [0.29, 0.717) is 11.1 Å². The van der Waals surface area contributed by atoms with E-state index in [2.05, 4.69) is 5.32 Å². The van der Waals surface area contributed by atoms with Crippen molar-refractivity contribution in [3.05, 3.63) is 87.3 Å². The number of benzene rings is 2. The monoisotopic (exact) mass is 437 g/mol. The molecule has 6 nitrogen and oxygen atoms in total.